The Balaban J connectivity index is 1.64. The number of ether oxygens (including phenoxy) is 2. The fraction of sp³-hybridized carbons (Fsp3) is 0.200. The zero-order chi connectivity index (χ0) is 19.5. The smallest absolute Gasteiger partial charge is 0.192 e. The van der Waals surface area contributed by atoms with E-state index in [1.54, 1.807) is 24.3 Å². The molecule has 0 spiro atoms. The number of rotatable bonds is 6. The SMILES string of the molecule is C=CCn1c(SCc2cc(Cl)cc3c2OCOC3)nnc1-c1ccccc1F. The molecule has 1 aliphatic heterocycles. The van der Waals surface area contributed by atoms with Crippen molar-refractivity contribution < 1.29 is 13.9 Å². The van der Waals surface area contributed by atoms with Gasteiger partial charge in [-0.05, 0) is 24.3 Å². The van der Waals surface area contributed by atoms with Gasteiger partial charge >= 0.3 is 0 Å². The Labute approximate surface area is 171 Å². The van der Waals surface area contributed by atoms with E-state index in [1.165, 1.54) is 17.8 Å². The molecule has 0 fully saturated rings. The van der Waals surface area contributed by atoms with Crippen LogP contribution in [-0.4, -0.2) is 21.6 Å². The summed E-state index contributed by atoms with van der Waals surface area (Å²) in [5.41, 5.74) is 2.29. The van der Waals surface area contributed by atoms with E-state index in [4.69, 9.17) is 21.1 Å². The van der Waals surface area contributed by atoms with Crippen LogP contribution in [0, 0.1) is 5.82 Å². The van der Waals surface area contributed by atoms with Crippen molar-refractivity contribution in [3.8, 4) is 17.1 Å². The highest BCUT2D eigenvalue weighted by atomic mass is 35.5. The van der Waals surface area contributed by atoms with Crippen LogP contribution in [0.25, 0.3) is 11.4 Å². The second-order valence-corrected chi connectivity index (χ2v) is 7.52. The third kappa shape index (κ3) is 3.78. The average Bonchev–Trinajstić information content (AvgIpc) is 3.09. The monoisotopic (exact) mass is 417 g/mol. The van der Waals surface area contributed by atoms with Crippen LogP contribution in [0.5, 0.6) is 5.75 Å². The highest BCUT2D eigenvalue weighted by Crippen LogP contribution is 2.36. The number of benzene rings is 2. The Morgan fingerprint density at radius 2 is 2.14 bits per heavy atom. The fourth-order valence-corrected chi connectivity index (χ4v) is 4.22. The molecule has 3 aromatic rings. The third-order valence-electron chi connectivity index (χ3n) is 4.25. The second kappa shape index (κ2) is 8.34. The molecule has 0 N–H and O–H groups in total. The van der Waals surface area contributed by atoms with E-state index in [1.807, 2.05) is 16.7 Å². The number of thioether (sulfide) groups is 1. The first-order chi connectivity index (χ1) is 13.7. The minimum absolute atomic E-state index is 0.219. The van der Waals surface area contributed by atoms with Crippen molar-refractivity contribution >= 4 is 23.4 Å². The fourth-order valence-electron chi connectivity index (χ4n) is 3.04. The number of halogens is 2. The van der Waals surface area contributed by atoms with Crippen molar-refractivity contribution in [1.82, 2.24) is 14.8 Å². The van der Waals surface area contributed by atoms with E-state index < -0.39 is 0 Å². The van der Waals surface area contributed by atoms with E-state index in [0.717, 1.165) is 16.9 Å². The molecule has 144 valence electrons. The molecule has 1 aliphatic rings. The normalized spacial score (nSPS) is 13.1. The molecule has 8 heteroatoms. The Morgan fingerprint density at radius 3 is 2.96 bits per heavy atom. The molecule has 0 bridgehead atoms. The maximum Gasteiger partial charge on any atom is 0.192 e. The van der Waals surface area contributed by atoms with Crippen LogP contribution >= 0.6 is 23.4 Å². The minimum atomic E-state index is -0.339. The van der Waals surface area contributed by atoms with Gasteiger partial charge < -0.3 is 9.47 Å². The maximum absolute atomic E-state index is 14.2. The summed E-state index contributed by atoms with van der Waals surface area (Å²) < 4.78 is 27.1. The zero-order valence-corrected chi connectivity index (χ0v) is 16.5. The Morgan fingerprint density at radius 1 is 1.29 bits per heavy atom. The van der Waals surface area contributed by atoms with Crippen molar-refractivity contribution in [3.05, 3.63) is 71.0 Å². The second-order valence-electron chi connectivity index (χ2n) is 6.14. The van der Waals surface area contributed by atoms with Crippen molar-refractivity contribution in [1.29, 1.82) is 0 Å². The molecule has 0 atom stereocenters. The molecule has 28 heavy (non-hydrogen) atoms. The number of nitrogens with zero attached hydrogens (tertiary/aromatic N) is 3. The van der Waals surface area contributed by atoms with Crippen LogP contribution < -0.4 is 4.74 Å². The molecule has 4 rings (SSSR count). The van der Waals surface area contributed by atoms with Gasteiger partial charge in [-0.1, -0.05) is 41.6 Å². The van der Waals surface area contributed by atoms with Gasteiger partial charge in [0.25, 0.3) is 0 Å². The molecule has 0 radical (unpaired) electrons. The number of hydrogen-bond donors (Lipinski definition) is 0. The summed E-state index contributed by atoms with van der Waals surface area (Å²) in [6.07, 6.45) is 1.74. The Bertz CT molecular complexity index is 1020. The summed E-state index contributed by atoms with van der Waals surface area (Å²) in [5.74, 6) is 1.51. The van der Waals surface area contributed by atoms with Gasteiger partial charge in [-0.15, -0.1) is 16.8 Å². The van der Waals surface area contributed by atoms with E-state index in [9.17, 15) is 4.39 Å². The van der Waals surface area contributed by atoms with Crippen LogP contribution in [0.2, 0.25) is 5.02 Å². The summed E-state index contributed by atoms with van der Waals surface area (Å²) in [4.78, 5) is 0. The maximum atomic E-state index is 14.2. The van der Waals surface area contributed by atoms with Gasteiger partial charge in [0, 0.05) is 28.4 Å². The molecule has 5 nitrogen and oxygen atoms in total. The van der Waals surface area contributed by atoms with Gasteiger partial charge in [0.1, 0.15) is 11.6 Å². The lowest BCUT2D eigenvalue weighted by Crippen LogP contribution is -2.13. The van der Waals surface area contributed by atoms with Gasteiger partial charge in [-0.25, -0.2) is 4.39 Å². The third-order valence-corrected chi connectivity index (χ3v) is 5.49. The van der Waals surface area contributed by atoms with Crippen molar-refractivity contribution in [2.24, 2.45) is 0 Å². The number of fused-ring (bicyclic) bond motifs is 1. The molecule has 0 saturated heterocycles. The molecule has 0 saturated carbocycles. The van der Waals surface area contributed by atoms with Gasteiger partial charge in [-0.2, -0.15) is 0 Å². The predicted octanol–water partition coefficient (Wildman–Crippen LogP) is 5.08. The van der Waals surface area contributed by atoms with Crippen molar-refractivity contribution in [2.45, 2.75) is 24.1 Å². The van der Waals surface area contributed by atoms with Gasteiger partial charge in [0.2, 0.25) is 0 Å². The summed E-state index contributed by atoms with van der Waals surface area (Å²) in [5, 5.41) is 9.77. The van der Waals surface area contributed by atoms with E-state index >= 15 is 0 Å². The summed E-state index contributed by atoms with van der Waals surface area (Å²) in [6, 6.07) is 10.2. The molecule has 0 amide bonds. The molecular formula is C20H17ClFN3O2S. The van der Waals surface area contributed by atoms with Crippen LogP contribution in [-0.2, 0) is 23.6 Å². The minimum Gasteiger partial charge on any atom is -0.467 e. The van der Waals surface area contributed by atoms with Crippen molar-refractivity contribution in [2.75, 3.05) is 6.79 Å². The first kappa shape index (κ1) is 19.0. The van der Waals surface area contributed by atoms with Gasteiger partial charge in [-0.3, -0.25) is 4.57 Å². The standard InChI is InChI=1S/C20H17ClFN3O2S/c1-2-7-25-19(16-5-3-4-6-17(16)22)23-24-20(25)28-11-14-9-15(21)8-13-10-26-12-27-18(13)14/h2-6,8-9H,1,7,10-12H2. The number of aromatic nitrogens is 3. The largest absolute Gasteiger partial charge is 0.467 e. The van der Waals surface area contributed by atoms with E-state index in [-0.39, 0.29) is 12.6 Å². The summed E-state index contributed by atoms with van der Waals surface area (Å²) in [6.45, 7) is 4.95. The van der Waals surface area contributed by atoms with Crippen LogP contribution in [0.4, 0.5) is 4.39 Å². The Hall–Kier alpha value is -2.35. The van der Waals surface area contributed by atoms with E-state index in [0.29, 0.717) is 40.5 Å². The molecular weight excluding hydrogens is 401 g/mol. The topological polar surface area (TPSA) is 49.2 Å². The van der Waals surface area contributed by atoms with Crippen LogP contribution in [0.1, 0.15) is 11.1 Å². The number of hydrogen-bond acceptors (Lipinski definition) is 5. The molecule has 0 aliphatic carbocycles. The summed E-state index contributed by atoms with van der Waals surface area (Å²) in [7, 11) is 0. The molecule has 2 aromatic carbocycles. The van der Waals surface area contributed by atoms with Crippen molar-refractivity contribution in [3.63, 3.8) is 0 Å². The number of allylic oxidation sites excluding steroid dienone is 1. The molecule has 2 heterocycles. The zero-order valence-electron chi connectivity index (χ0n) is 14.9. The van der Waals surface area contributed by atoms with Crippen LogP contribution in [0.3, 0.4) is 0 Å². The lowest BCUT2D eigenvalue weighted by molar-refractivity contribution is -0.0168. The first-order valence-corrected chi connectivity index (χ1v) is 9.97. The van der Waals surface area contributed by atoms with Gasteiger partial charge in [0.05, 0.1) is 12.2 Å². The highest BCUT2D eigenvalue weighted by molar-refractivity contribution is 7.98. The highest BCUT2D eigenvalue weighted by Gasteiger charge is 2.19. The van der Waals surface area contributed by atoms with E-state index in [2.05, 4.69) is 16.8 Å². The predicted molar refractivity (Wildman–Crippen MR) is 107 cm³/mol. The summed E-state index contributed by atoms with van der Waals surface area (Å²) >= 11 is 7.72. The average molecular weight is 418 g/mol. The first-order valence-electron chi connectivity index (χ1n) is 8.61. The van der Waals surface area contributed by atoms with Crippen LogP contribution in [0.15, 0.2) is 54.2 Å². The molecule has 0 unspecified atom stereocenters. The van der Waals surface area contributed by atoms with Gasteiger partial charge in [0.15, 0.2) is 17.8 Å². The lowest BCUT2D eigenvalue weighted by atomic mass is 10.1. The quantitative estimate of drug-likeness (QED) is 0.413. The molecule has 1 aromatic heterocycles. The lowest BCUT2D eigenvalue weighted by Gasteiger charge is -2.21. The Kier molecular flexibility index (Phi) is 5.66.